The fourth-order valence-corrected chi connectivity index (χ4v) is 4.44. The quantitative estimate of drug-likeness (QED) is 0.386. The molecule has 3 heterocycles. The molecule has 0 saturated carbocycles. The molecular formula is C21H18ClN5OS2. The molecule has 0 aliphatic heterocycles. The first-order valence-corrected chi connectivity index (χ1v) is 11.3. The molecule has 0 radical (unpaired) electrons. The maximum Gasteiger partial charge on any atom is 0.238 e. The van der Waals surface area contributed by atoms with Gasteiger partial charge in [0.05, 0.1) is 21.7 Å². The molecule has 0 aliphatic carbocycles. The van der Waals surface area contributed by atoms with Gasteiger partial charge in [0, 0.05) is 6.20 Å². The number of thioether (sulfide) groups is 1. The highest BCUT2D eigenvalue weighted by molar-refractivity contribution is 8.00. The predicted octanol–water partition coefficient (Wildman–Crippen LogP) is 5.22. The summed E-state index contributed by atoms with van der Waals surface area (Å²) in [6.45, 7) is 2.46. The van der Waals surface area contributed by atoms with Gasteiger partial charge in [-0.2, -0.15) is 0 Å². The van der Waals surface area contributed by atoms with Crippen molar-refractivity contribution in [1.29, 1.82) is 0 Å². The van der Waals surface area contributed by atoms with Crippen LogP contribution in [0.15, 0.2) is 71.3 Å². The smallest absolute Gasteiger partial charge is 0.238 e. The normalized spacial score (nSPS) is 11.9. The number of aromatic nitrogens is 4. The molecule has 1 unspecified atom stereocenters. The van der Waals surface area contributed by atoms with Crippen molar-refractivity contribution in [2.75, 3.05) is 5.32 Å². The van der Waals surface area contributed by atoms with Crippen LogP contribution in [0.1, 0.15) is 12.5 Å². The van der Waals surface area contributed by atoms with E-state index in [0.717, 1.165) is 16.3 Å². The van der Waals surface area contributed by atoms with Crippen LogP contribution < -0.4 is 5.32 Å². The van der Waals surface area contributed by atoms with Gasteiger partial charge in [0.2, 0.25) is 5.91 Å². The molecule has 9 heteroatoms. The molecule has 4 aromatic rings. The number of nitrogens with zero attached hydrogens (tertiary/aromatic N) is 4. The number of halogens is 1. The van der Waals surface area contributed by atoms with Gasteiger partial charge in [-0.25, -0.2) is 4.98 Å². The third kappa shape index (κ3) is 4.89. The molecule has 1 aromatic carbocycles. The van der Waals surface area contributed by atoms with Crippen molar-refractivity contribution in [2.24, 2.45) is 0 Å². The number of carbonyl (C=O) groups is 1. The Morgan fingerprint density at radius 2 is 2.00 bits per heavy atom. The third-order valence-electron chi connectivity index (χ3n) is 4.27. The van der Waals surface area contributed by atoms with Crippen molar-refractivity contribution in [3.63, 3.8) is 0 Å². The number of rotatable bonds is 7. The van der Waals surface area contributed by atoms with Crippen LogP contribution in [-0.4, -0.2) is 30.9 Å². The Labute approximate surface area is 187 Å². The summed E-state index contributed by atoms with van der Waals surface area (Å²) in [6.07, 6.45) is 1.50. The van der Waals surface area contributed by atoms with Gasteiger partial charge in [0.15, 0.2) is 11.0 Å². The second-order valence-corrected chi connectivity index (χ2v) is 9.16. The average Bonchev–Trinajstić information content (AvgIpc) is 3.41. The van der Waals surface area contributed by atoms with E-state index in [1.54, 1.807) is 23.5 Å². The van der Waals surface area contributed by atoms with Crippen LogP contribution in [0.2, 0.25) is 5.02 Å². The van der Waals surface area contributed by atoms with Crippen molar-refractivity contribution in [2.45, 2.75) is 23.9 Å². The van der Waals surface area contributed by atoms with Crippen LogP contribution >= 0.6 is 34.7 Å². The van der Waals surface area contributed by atoms with E-state index in [1.165, 1.54) is 18.0 Å². The maximum absolute atomic E-state index is 12.6. The van der Waals surface area contributed by atoms with E-state index < -0.39 is 5.25 Å². The Morgan fingerprint density at radius 3 is 2.70 bits per heavy atom. The van der Waals surface area contributed by atoms with Gasteiger partial charge < -0.3 is 5.32 Å². The molecule has 0 fully saturated rings. The van der Waals surface area contributed by atoms with Crippen molar-refractivity contribution < 1.29 is 4.79 Å². The average molecular weight is 456 g/mol. The van der Waals surface area contributed by atoms with Crippen LogP contribution in [0.3, 0.4) is 0 Å². The molecular weight excluding hydrogens is 438 g/mol. The monoisotopic (exact) mass is 455 g/mol. The Bertz CT molecular complexity index is 1110. The number of amides is 1. The second-order valence-electron chi connectivity index (χ2n) is 6.47. The molecule has 152 valence electrons. The number of thiophene rings is 1. The van der Waals surface area contributed by atoms with E-state index in [1.807, 2.05) is 42.6 Å². The molecule has 0 bridgehead atoms. The molecule has 1 N–H and O–H groups in total. The second kappa shape index (κ2) is 9.42. The van der Waals surface area contributed by atoms with E-state index >= 15 is 0 Å². The summed E-state index contributed by atoms with van der Waals surface area (Å²) in [5.41, 5.74) is 1.14. The lowest BCUT2D eigenvalue weighted by Crippen LogP contribution is -2.23. The largest absolute Gasteiger partial charge is 0.310 e. The third-order valence-corrected chi connectivity index (χ3v) is 6.44. The highest BCUT2D eigenvalue weighted by Gasteiger charge is 2.21. The highest BCUT2D eigenvalue weighted by atomic mass is 35.5. The zero-order chi connectivity index (χ0) is 20.9. The first-order chi connectivity index (χ1) is 14.6. The minimum absolute atomic E-state index is 0.165. The van der Waals surface area contributed by atoms with Crippen molar-refractivity contribution in [3.8, 4) is 10.7 Å². The molecule has 1 atom stereocenters. The Morgan fingerprint density at radius 1 is 1.17 bits per heavy atom. The Kier molecular flexibility index (Phi) is 6.47. The molecule has 4 rings (SSSR count). The van der Waals surface area contributed by atoms with Crippen molar-refractivity contribution >= 4 is 46.4 Å². The summed E-state index contributed by atoms with van der Waals surface area (Å²) in [4.78, 5) is 17.8. The standard InChI is InChI=1S/C21H18ClN5OS2/c1-14(20(28)24-18-10-9-16(22)12-23-18)30-21-26-25-19(17-8-5-11-29-17)27(21)13-15-6-3-2-4-7-15/h2-12,14H,13H2,1H3,(H,23,24,28). The van der Waals surface area contributed by atoms with Gasteiger partial charge >= 0.3 is 0 Å². The first-order valence-electron chi connectivity index (χ1n) is 9.20. The fourth-order valence-electron chi connectivity index (χ4n) is 2.76. The number of anilines is 1. The van der Waals surface area contributed by atoms with Crippen LogP contribution in [0.4, 0.5) is 5.82 Å². The highest BCUT2D eigenvalue weighted by Crippen LogP contribution is 2.30. The number of nitrogens with one attached hydrogen (secondary N) is 1. The Balaban J connectivity index is 1.55. The van der Waals surface area contributed by atoms with E-state index in [4.69, 9.17) is 11.6 Å². The zero-order valence-electron chi connectivity index (χ0n) is 16.0. The Hall–Kier alpha value is -2.68. The summed E-state index contributed by atoms with van der Waals surface area (Å²) < 4.78 is 2.05. The minimum Gasteiger partial charge on any atom is -0.310 e. The van der Waals surface area contributed by atoms with E-state index in [-0.39, 0.29) is 5.91 Å². The number of hydrogen-bond donors (Lipinski definition) is 1. The van der Waals surface area contributed by atoms with E-state index in [0.29, 0.717) is 22.5 Å². The lowest BCUT2D eigenvalue weighted by Gasteiger charge is -2.13. The first kappa shape index (κ1) is 20.6. The lowest BCUT2D eigenvalue weighted by atomic mass is 10.2. The van der Waals surface area contributed by atoms with Gasteiger partial charge in [-0.15, -0.1) is 21.5 Å². The summed E-state index contributed by atoms with van der Waals surface area (Å²) in [5.74, 6) is 1.09. The molecule has 3 aromatic heterocycles. The number of benzene rings is 1. The topological polar surface area (TPSA) is 72.7 Å². The van der Waals surface area contributed by atoms with Crippen molar-refractivity contribution in [1.82, 2.24) is 19.7 Å². The fraction of sp³-hybridized carbons (Fsp3) is 0.143. The van der Waals surface area contributed by atoms with Gasteiger partial charge in [-0.3, -0.25) is 9.36 Å². The van der Waals surface area contributed by atoms with Crippen LogP contribution in [0, 0.1) is 0 Å². The van der Waals surface area contributed by atoms with E-state index in [9.17, 15) is 4.79 Å². The van der Waals surface area contributed by atoms with Gasteiger partial charge in [0.25, 0.3) is 0 Å². The number of hydrogen-bond acceptors (Lipinski definition) is 6. The number of carbonyl (C=O) groups excluding carboxylic acids is 1. The van der Waals surface area contributed by atoms with E-state index in [2.05, 4.69) is 37.2 Å². The van der Waals surface area contributed by atoms with Crippen LogP contribution in [-0.2, 0) is 11.3 Å². The molecule has 0 saturated heterocycles. The number of pyridine rings is 1. The molecule has 1 amide bonds. The molecule has 0 aliphatic rings. The maximum atomic E-state index is 12.6. The van der Waals surface area contributed by atoms with Gasteiger partial charge in [-0.1, -0.05) is 59.8 Å². The molecule has 6 nitrogen and oxygen atoms in total. The predicted molar refractivity (Wildman–Crippen MR) is 122 cm³/mol. The molecule has 30 heavy (non-hydrogen) atoms. The SMILES string of the molecule is CC(Sc1nnc(-c2cccs2)n1Cc1ccccc1)C(=O)Nc1ccc(Cl)cn1. The van der Waals surface area contributed by atoms with Crippen LogP contribution in [0.25, 0.3) is 10.7 Å². The zero-order valence-corrected chi connectivity index (χ0v) is 18.4. The van der Waals surface area contributed by atoms with Crippen LogP contribution in [0.5, 0.6) is 0 Å². The summed E-state index contributed by atoms with van der Waals surface area (Å²) in [6, 6.07) is 17.5. The van der Waals surface area contributed by atoms with Gasteiger partial charge in [-0.05, 0) is 36.1 Å². The summed E-state index contributed by atoms with van der Waals surface area (Å²) >= 11 is 8.83. The minimum atomic E-state index is -0.391. The van der Waals surface area contributed by atoms with Gasteiger partial charge in [0.1, 0.15) is 5.82 Å². The lowest BCUT2D eigenvalue weighted by molar-refractivity contribution is -0.115. The molecule has 0 spiro atoms. The van der Waals surface area contributed by atoms with Crippen molar-refractivity contribution in [3.05, 3.63) is 76.8 Å². The summed E-state index contributed by atoms with van der Waals surface area (Å²) in [7, 11) is 0. The summed E-state index contributed by atoms with van der Waals surface area (Å²) in [5, 5.41) is 14.4.